The zero-order chi connectivity index (χ0) is 33.5. The number of nitrogens with zero attached hydrogens (tertiary/aromatic N) is 2. The van der Waals surface area contributed by atoms with Crippen LogP contribution in [-0.4, -0.2) is 9.13 Å². The van der Waals surface area contributed by atoms with Gasteiger partial charge in [-0.25, -0.2) is 0 Å². The van der Waals surface area contributed by atoms with Crippen LogP contribution in [0.25, 0.3) is 99.2 Å². The molecule has 0 atom stereocenters. The van der Waals surface area contributed by atoms with Crippen LogP contribution in [0.4, 0.5) is 0 Å². The van der Waals surface area contributed by atoms with Crippen molar-refractivity contribution in [3.63, 3.8) is 0 Å². The van der Waals surface area contributed by atoms with E-state index in [4.69, 9.17) is 4.42 Å². The first-order chi connectivity index (χ1) is 25.3. The molecule has 51 heavy (non-hydrogen) atoms. The SMILES string of the molecule is c1ccc(-c2cccc(-c3ccccc3-n3c4ccccc4c4c5c(ccc43)oc3ccccc35)c2-n2c3ccccc3c3ccccc32)cc1. The standard InChI is InChI=1S/C48H30N2O/c1-2-15-31(16-3-1)32-22-14-23-36(48(32)50-40-25-10-4-17-33(40)34-18-5-11-26-41(34)50)35-19-6-9-24-39(35)49-42-27-12-7-20-37(42)46-43(49)29-30-45-47(46)38-21-8-13-28-44(38)51-45/h1-30H. The molecule has 0 bridgehead atoms. The second-order valence-electron chi connectivity index (χ2n) is 13.2. The maximum Gasteiger partial charge on any atom is 0.136 e. The lowest BCUT2D eigenvalue weighted by molar-refractivity contribution is 0.669. The largest absolute Gasteiger partial charge is 0.456 e. The quantitative estimate of drug-likeness (QED) is 0.186. The van der Waals surface area contributed by atoms with Crippen molar-refractivity contribution in [2.75, 3.05) is 0 Å². The highest BCUT2D eigenvalue weighted by Crippen LogP contribution is 2.45. The lowest BCUT2D eigenvalue weighted by Crippen LogP contribution is -2.03. The molecule has 8 aromatic carbocycles. The van der Waals surface area contributed by atoms with Crippen LogP contribution in [0.5, 0.6) is 0 Å². The minimum atomic E-state index is 0.907. The van der Waals surface area contributed by atoms with E-state index in [2.05, 4.69) is 185 Å². The van der Waals surface area contributed by atoms with Gasteiger partial charge in [-0.15, -0.1) is 0 Å². The van der Waals surface area contributed by atoms with Crippen LogP contribution in [0.1, 0.15) is 0 Å². The fraction of sp³-hybridized carbons (Fsp3) is 0. The third-order valence-corrected chi connectivity index (χ3v) is 10.5. The first kappa shape index (κ1) is 28.0. The van der Waals surface area contributed by atoms with E-state index in [1.54, 1.807) is 0 Å². The Bertz CT molecular complexity index is 3090. The van der Waals surface area contributed by atoms with E-state index in [1.807, 2.05) is 6.07 Å². The maximum atomic E-state index is 6.39. The molecule has 0 fully saturated rings. The molecule has 0 aliphatic heterocycles. The van der Waals surface area contributed by atoms with E-state index in [1.165, 1.54) is 49.3 Å². The first-order valence-corrected chi connectivity index (χ1v) is 17.5. The summed E-state index contributed by atoms with van der Waals surface area (Å²) in [4.78, 5) is 0. The van der Waals surface area contributed by atoms with Crippen molar-refractivity contribution in [2.24, 2.45) is 0 Å². The van der Waals surface area contributed by atoms with Crippen LogP contribution in [0, 0.1) is 0 Å². The van der Waals surface area contributed by atoms with Gasteiger partial charge in [0.2, 0.25) is 0 Å². The molecule has 3 heterocycles. The summed E-state index contributed by atoms with van der Waals surface area (Å²) < 4.78 is 11.3. The van der Waals surface area contributed by atoms with Gasteiger partial charge in [-0.05, 0) is 48.0 Å². The Morgan fingerprint density at radius 1 is 0.314 bits per heavy atom. The van der Waals surface area contributed by atoms with Crippen molar-refractivity contribution >= 4 is 65.6 Å². The summed E-state index contributed by atoms with van der Waals surface area (Å²) in [5.74, 6) is 0. The molecule has 3 aromatic heterocycles. The molecule has 0 radical (unpaired) electrons. The highest BCUT2D eigenvalue weighted by molar-refractivity contribution is 6.27. The Morgan fingerprint density at radius 2 is 0.882 bits per heavy atom. The van der Waals surface area contributed by atoms with E-state index in [9.17, 15) is 0 Å². The molecule has 0 N–H and O–H groups in total. The number of rotatable bonds is 4. The normalized spacial score (nSPS) is 11.9. The van der Waals surface area contributed by atoms with Crippen LogP contribution in [0.3, 0.4) is 0 Å². The molecule has 3 heteroatoms. The number of fused-ring (bicyclic) bond motifs is 10. The second-order valence-corrected chi connectivity index (χ2v) is 13.2. The smallest absolute Gasteiger partial charge is 0.136 e. The monoisotopic (exact) mass is 650 g/mol. The highest BCUT2D eigenvalue weighted by atomic mass is 16.3. The summed E-state index contributed by atoms with van der Waals surface area (Å²) in [5, 5.41) is 7.21. The van der Waals surface area contributed by atoms with Gasteiger partial charge in [-0.1, -0.05) is 140 Å². The minimum absolute atomic E-state index is 0.907. The van der Waals surface area contributed by atoms with Crippen molar-refractivity contribution in [3.05, 3.63) is 182 Å². The predicted octanol–water partition coefficient (Wildman–Crippen LogP) is 13.1. The van der Waals surface area contributed by atoms with Crippen LogP contribution in [0.15, 0.2) is 186 Å². The van der Waals surface area contributed by atoms with E-state index < -0.39 is 0 Å². The zero-order valence-electron chi connectivity index (χ0n) is 27.6. The van der Waals surface area contributed by atoms with Crippen LogP contribution < -0.4 is 0 Å². The van der Waals surface area contributed by atoms with Crippen molar-refractivity contribution in [3.8, 4) is 33.6 Å². The van der Waals surface area contributed by atoms with Crippen molar-refractivity contribution < 1.29 is 4.42 Å². The summed E-state index contributed by atoms with van der Waals surface area (Å²) in [5.41, 5.74) is 13.5. The molecule has 0 aliphatic rings. The third-order valence-electron chi connectivity index (χ3n) is 10.5. The number of para-hydroxylation sites is 6. The Morgan fingerprint density at radius 3 is 1.65 bits per heavy atom. The van der Waals surface area contributed by atoms with Crippen molar-refractivity contribution in [1.29, 1.82) is 0 Å². The predicted molar refractivity (Wildman–Crippen MR) is 213 cm³/mol. The van der Waals surface area contributed by atoms with E-state index in [0.717, 1.165) is 49.9 Å². The summed E-state index contributed by atoms with van der Waals surface area (Å²) >= 11 is 0. The van der Waals surface area contributed by atoms with Crippen LogP contribution in [-0.2, 0) is 0 Å². The third kappa shape index (κ3) is 4.00. The summed E-state index contributed by atoms with van der Waals surface area (Å²) in [6.45, 7) is 0. The Balaban J connectivity index is 1.28. The van der Waals surface area contributed by atoms with E-state index >= 15 is 0 Å². The molecule has 0 spiro atoms. The first-order valence-electron chi connectivity index (χ1n) is 17.5. The van der Waals surface area contributed by atoms with Crippen molar-refractivity contribution in [2.45, 2.75) is 0 Å². The van der Waals surface area contributed by atoms with E-state index in [-0.39, 0.29) is 0 Å². The molecule has 3 nitrogen and oxygen atoms in total. The second kappa shape index (κ2) is 10.8. The average molecular weight is 651 g/mol. The molecule has 0 amide bonds. The number of aromatic nitrogens is 2. The lowest BCUT2D eigenvalue weighted by Gasteiger charge is -2.21. The van der Waals surface area contributed by atoms with Gasteiger partial charge in [-0.2, -0.15) is 0 Å². The molecule has 0 unspecified atom stereocenters. The molecule has 0 saturated heterocycles. The molecule has 11 aromatic rings. The Kier molecular flexibility index (Phi) is 5.96. The maximum absolute atomic E-state index is 6.39. The topological polar surface area (TPSA) is 23.0 Å². The van der Waals surface area contributed by atoms with Crippen LogP contribution in [0.2, 0.25) is 0 Å². The summed E-state index contributed by atoms with van der Waals surface area (Å²) in [7, 11) is 0. The van der Waals surface area contributed by atoms with Gasteiger partial charge in [0.1, 0.15) is 11.2 Å². The van der Waals surface area contributed by atoms with Gasteiger partial charge < -0.3 is 13.6 Å². The van der Waals surface area contributed by atoms with Gasteiger partial charge in [0.15, 0.2) is 0 Å². The fourth-order valence-electron chi connectivity index (χ4n) is 8.45. The average Bonchev–Trinajstić information content (AvgIpc) is 3.85. The molecular formula is C48H30N2O. The molecule has 0 saturated carbocycles. The fourth-order valence-corrected chi connectivity index (χ4v) is 8.45. The number of furan rings is 1. The lowest BCUT2D eigenvalue weighted by atomic mass is 9.94. The van der Waals surface area contributed by atoms with Gasteiger partial charge in [0.25, 0.3) is 0 Å². The van der Waals surface area contributed by atoms with Crippen LogP contribution >= 0.6 is 0 Å². The summed E-state index contributed by atoms with van der Waals surface area (Å²) in [6, 6.07) is 65.5. The number of benzene rings is 8. The molecule has 0 aliphatic carbocycles. The summed E-state index contributed by atoms with van der Waals surface area (Å²) in [6.07, 6.45) is 0. The van der Waals surface area contributed by atoms with Gasteiger partial charge >= 0.3 is 0 Å². The van der Waals surface area contributed by atoms with E-state index in [0.29, 0.717) is 0 Å². The minimum Gasteiger partial charge on any atom is -0.456 e. The molecule has 11 rings (SSSR count). The van der Waals surface area contributed by atoms with Gasteiger partial charge in [-0.3, -0.25) is 0 Å². The molecule has 238 valence electrons. The number of hydrogen-bond donors (Lipinski definition) is 0. The van der Waals surface area contributed by atoms with Crippen molar-refractivity contribution in [1.82, 2.24) is 9.13 Å². The Hall–Kier alpha value is -6.84. The highest BCUT2D eigenvalue weighted by Gasteiger charge is 2.24. The number of hydrogen-bond acceptors (Lipinski definition) is 1. The van der Waals surface area contributed by atoms with Gasteiger partial charge in [0.05, 0.1) is 33.4 Å². The van der Waals surface area contributed by atoms with Gasteiger partial charge in [0, 0.05) is 49.0 Å². The molecular weight excluding hydrogens is 621 g/mol. The zero-order valence-corrected chi connectivity index (χ0v) is 27.6. The Labute approximate surface area is 293 Å².